The molecule has 4 nitrogen and oxygen atoms in total. The number of hydrogen-bond donors (Lipinski definition) is 1. The molecule has 0 unspecified atom stereocenters. The van der Waals surface area contributed by atoms with Crippen LogP contribution in [-0.4, -0.2) is 31.3 Å². The maximum absolute atomic E-state index is 11.8. The van der Waals surface area contributed by atoms with Gasteiger partial charge in [0.15, 0.2) is 0 Å². The molecule has 0 saturated carbocycles. The van der Waals surface area contributed by atoms with E-state index in [1.165, 1.54) is 0 Å². The maximum atomic E-state index is 11.8. The highest BCUT2D eigenvalue weighted by atomic mass is 16.6. The van der Waals surface area contributed by atoms with E-state index in [1.807, 2.05) is 34.6 Å². The van der Waals surface area contributed by atoms with Crippen molar-refractivity contribution in [3.8, 4) is 0 Å². The van der Waals surface area contributed by atoms with Gasteiger partial charge in [0, 0.05) is 5.41 Å². The first-order valence-electron chi connectivity index (χ1n) is 6.87. The van der Waals surface area contributed by atoms with Gasteiger partial charge in [-0.15, -0.1) is 0 Å². The first kappa shape index (κ1) is 18.4. The van der Waals surface area contributed by atoms with Crippen LogP contribution < -0.4 is 5.73 Å². The molecular formula is C15H31NO3. The number of ether oxygens (including phenoxy) is 2. The lowest BCUT2D eigenvalue weighted by Crippen LogP contribution is -2.33. The van der Waals surface area contributed by atoms with Crippen molar-refractivity contribution >= 4 is 5.97 Å². The summed E-state index contributed by atoms with van der Waals surface area (Å²) in [5.74, 6) is -0.181. The van der Waals surface area contributed by atoms with E-state index in [1.54, 1.807) is 0 Å². The van der Waals surface area contributed by atoms with E-state index in [2.05, 4.69) is 13.8 Å². The lowest BCUT2D eigenvalue weighted by molar-refractivity contribution is -0.158. The van der Waals surface area contributed by atoms with E-state index >= 15 is 0 Å². The summed E-state index contributed by atoms with van der Waals surface area (Å²) in [5.41, 5.74) is 4.96. The van der Waals surface area contributed by atoms with Crippen molar-refractivity contribution in [3.05, 3.63) is 0 Å². The van der Waals surface area contributed by atoms with Crippen molar-refractivity contribution in [1.82, 2.24) is 0 Å². The smallest absolute Gasteiger partial charge is 0.306 e. The van der Waals surface area contributed by atoms with Gasteiger partial charge in [-0.05, 0) is 32.7 Å². The summed E-state index contributed by atoms with van der Waals surface area (Å²) >= 11 is 0. The minimum atomic E-state index is -0.435. The van der Waals surface area contributed by atoms with Gasteiger partial charge in [0.05, 0.1) is 19.6 Å². The van der Waals surface area contributed by atoms with Gasteiger partial charge in [-0.1, -0.05) is 27.7 Å². The zero-order valence-electron chi connectivity index (χ0n) is 13.6. The highest BCUT2D eigenvalue weighted by Crippen LogP contribution is 2.24. The summed E-state index contributed by atoms with van der Waals surface area (Å²) in [4.78, 5) is 11.8. The Balaban J connectivity index is 4.15. The fourth-order valence-corrected chi connectivity index (χ4v) is 1.48. The molecule has 0 aliphatic heterocycles. The van der Waals surface area contributed by atoms with Gasteiger partial charge in [0.1, 0.15) is 5.60 Å². The van der Waals surface area contributed by atoms with E-state index in [0.717, 1.165) is 0 Å². The van der Waals surface area contributed by atoms with E-state index in [9.17, 15) is 4.79 Å². The topological polar surface area (TPSA) is 61.5 Å². The molecule has 0 spiro atoms. The first-order chi connectivity index (χ1) is 8.37. The molecule has 0 radical (unpaired) electrons. The second-order valence-corrected chi connectivity index (χ2v) is 7.79. The molecule has 2 N–H and O–H groups in total. The molecule has 0 aromatic rings. The average Bonchev–Trinajstić information content (AvgIpc) is 2.12. The lowest BCUT2D eigenvalue weighted by Gasteiger charge is -2.29. The summed E-state index contributed by atoms with van der Waals surface area (Å²) in [6.07, 6.45) is 0.354. The van der Waals surface area contributed by atoms with Crippen LogP contribution >= 0.6 is 0 Å². The minimum absolute atomic E-state index is 0.0258. The molecule has 0 saturated heterocycles. The molecule has 0 amide bonds. The van der Waals surface area contributed by atoms with Crippen LogP contribution in [0.1, 0.15) is 54.9 Å². The van der Waals surface area contributed by atoms with Crippen molar-refractivity contribution in [2.75, 3.05) is 19.8 Å². The number of carbonyl (C=O) groups is 1. The van der Waals surface area contributed by atoms with E-state index < -0.39 is 5.60 Å². The van der Waals surface area contributed by atoms with Crippen molar-refractivity contribution in [1.29, 1.82) is 0 Å². The number of esters is 1. The normalized spacial score (nSPS) is 13.5. The molecule has 0 fully saturated rings. The molecule has 19 heavy (non-hydrogen) atoms. The zero-order chi connectivity index (χ0) is 15.3. The van der Waals surface area contributed by atoms with Gasteiger partial charge in [-0.25, -0.2) is 0 Å². The Labute approximate surface area is 118 Å². The lowest BCUT2D eigenvalue weighted by atomic mass is 9.90. The van der Waals surface area contributed by atoms with Crippen LogP contribution in [0.25, 0.3) is 0 Å². The van der Waals surface area contributed by atoms with E-state index in [0.29, 0.717) is 26.2 Å². The summed E-state index contributed by atoms with van der Waals surface area (Å²) < 4.78 is 11.0. The number of nitrogens with two attached hydrogens (primary N) is 1. The van der Waals surface area contributed by atoms with Crippen LogP contribution in [0.15, 0.2) is 0 Å². The molecule has 0 rings (SSSR count). The van der Waals surface area contributed by atoms with Gasteiger partial charge in [0.25, 0.3) is 0 Å². The summed E-state index contributed by atoms with van der Waals surface area (Å²) in [6, 6.07) is 0. The van der Waals surface area contributed by atoms with E-state index in [-0.39, 0.29) is 16.8 Å². The minimum Gasteiger partial charge on any atom is -0.460 e. The molecule has 0 aliphatic carbocycles. The monoisotopic (exact) mass is 273 g/mol. The Hall–Kier alpha value is -0.610. The Bertz CT molecular complexity index is 290. The van der Waals surface area contributed by atoms with Crippen LogP contribution in [0.2, 0.25) is 0 Å². The molecule has 4 heteroatoms. The highest BCUT2D eigenvalue weighted by Gasteiger charge is 2.27. The molecule has 0 aliphatic rings. The number of carbonyl (C=O) groups excluding carboxylic acids is 1. The molecule has 0 heterocycles. The molecular weight excluding hydrogens is 242 g/mol. The fraction of sp³-hybridized carbons (Fsp3) is 0.933. The van der Waals surface area contributed by atoms with Crippen molar-refractivity contribution in [3.63, 3.8) is 0 Å². The number of hydrogen-bond acceptors (Lipinski definition) is 4. The van der Waals surface area contributed by atoms with E-state index in [4.69, 9.17) is 15.2 Å². The zero-order valence-corrected chi connectivity index (χ0v) is 13.6. The van der Waals surface area contributed by atoms with Crippen LogP contribution in [0, 0.1) is 10.8 Å². The Morgan fingerprint density at radius 1 is 0.947 bits per heavy atom. The summed E-state index contributed by atoms with van der Waals surface area (Å²) in [6.45, 7) is 15.5. The second-order valence-electron chi connectivity index (χ2n) is 7.79. The predicted molar refractivity (Wildman–Crippen MR) is 77.9 cm³/mol. The molecule has 0 bridgehead atoms. The highest BCUT2D eigenvalue weighted by molar-refractivity contribution is 5.70. The van der Waals surface area contributed by atoms with Crippen LogP contribution in [0.4, 0.5) is 0 Å². The summed E-state index contributed by atoms with van der Waals surface area (Å²) in [7, 11) is 0. The van der Waals surface area contributed by atoms with Gasteiger partial charge < -0.3 is 15.2 Å². The van der Waals surface area contributed by atoms with Crippen molar-refractivity contribution in [2.45, 2.75) is 60.5 Å². The quantitative estimate of drug-likeness (QED) is 0.725. The summed E-state index contributed by atoms with van der Waals surface area (Å²) in [5, 5.41) is 0. The molecule has 114 valence electrons. The van der Waals surface area contributed by atoms with Crippen LogP contribution in [0.3, 0.4) is 0 Å². The standard InChI is InChI=1S/C15H31NO3/c1-13(2,3)19-12(17)8-14(4,5)10-18-11-15(6,7)9-16/h8-11,16H2,1-7H3. The Morgan fingerprint density at radius 3 is 1.84 bits per heavy atom. The largest absolute Gasteiger partial charge is 0.460 e. The Morgan fingerprint density at radius 2 is 1.42 bits per heavy atom. The average molecular weight is 273 g/mol. The maximum Gasteiger partial charge on any atom is 0.306 e. The first-order valence-corrected chi connectivity index (χ1v) is 6.87. The van der Waals surface area contributed by atoms with Crippen LogP contribution in [0.5, 0.6) is 0 Å². The van der Waals surface area contributed by atoms with Crippen molar-refractivity contribution < 1.29 is 14.3 Å². The van der Waals surface area contributed by atoms with Gasteiger partial charge in [-0.2, -0.15) is 0 Å². The number of rotatable bonds is 7. The SMILES string of the molecule is CC(C)(CN)COCC(C)(C)CC(=O)OC(C)(C)C. The third kappa shape index (κ3) is 9.91. The molecule has 0 aromatic carbocycles. The van der Waals surface area contributed by atoms with Crippen LogP contribution in [-0.2, 0) is 14.3 Å². The predicted octanol–water partition coefficient (Wildman–Crippen LogP) is 2.75. The third-order valence-electron chi connectivity index (χ3n) is 2.58. The third-order valence-corrected chi connectivity index (χ3v) is 2.58. The molecule has 0 aromatic heterocycles. The van der Waals surface area contributed by atoms with Crippen molar-refractivity contribution in [2.24, 2.45) is 16.6 Å². The second kappa shape index (κ2) is 6.71. The molecule has 0 atom stereocenters. The van der Waals surface area contributed by atoms with Gasteiger partial charge in [0.2, 0.25) is 0 Å². The van der Waals surface area contributed by atoms with Gasteiger partial charge >= 0.3 is 5.97 Å². The van der Waals surface area contributed by atoms with Gasteiger partial charge in [-0.3, -0.25) is 4.79 Å². The fourth-order valence-electron chi connectivity index (χ4n) is 1.48. The Kier molecular flexibility index (Phi) is 6.49.